The number of methoxy groups -OCH3 is 1. The molecule has 0 spiro atoms. The molecule has 0 bridgehead atoms. The first-order chi connectivity index (χ1) is 18.2. The number of aryl methyl sites for hydroxylation is 2. The maximum absolute atomic E-state index is 13.2. The third-order valence-corrected chi connectivity index (χ3v) is 9.12. The fourth-order valence-electron chi connectivity index (χ4n) is 4.82. The van der Waals surface area contributed by atoms with Gasteiger partial charge in [0.15, 0.2) is 0 Å². The molecule has 9 nitrogen and oxygen atoms in total. The van der Waals surface area contributed by atoms with Crippen molar-refractivity contribution in [3.63, 3.8) is 0 Å². The molecular formula is C28H36N4O5S. The SMILES string of the molecule is COc1cc(C)c(S(=O)(=O)N(C)CCC(=O)Cc2ccc(N3CCN(Cc4ncco4)CC3)cc2)c(C)c1. The highest BCUT2D eigenvalue weighted by Gasteiger charge is 2.26. The Morgan fingerprint density at radius 1 is 1.08 bits per heavy atom. The van der Waals surface area contributed by atoms with E-state index in [0.717, 1.165) is 49.9 Å². The van der Waals surface area contributed by atoms with E-state index >= 15 is 0 Å². The van der Waals surface area contributed by atoms with E-state index in [1.54, 1.807) is 45.6 Å². The average molecular weight is 541 g/mol. The molecule has 204 valence electrons. The summed E-state index contributed by atoms with van der Waals surface area (Å²) in [5.74, 6) is 1.36. The predicted molar refractivity (Wildman–Crippen MR) is 146 cm³/mol. The first kappa shape index (κ1) is 27.8. The summed E-state index contributed by atoms with van der Waals surface area (Å²) in [6.07, 6.45) is 3.70. The van der Waals surface area contributed by atoms with E-state index in [1.807, 2.05) is 12.1 Å². The highest BCUT2D eigenvalue weighted by atomic mass is 32.2. The smallest absolute Gasteiger partial charge is 0.243 e. The van der Waals surface area contributed by atoms with Crippen molar-refractivity contribution in [2.24, 2.45) is 0 Å². The first-order valence-corrected chi connectivity index (χ1v) is 14.2. The van der Waals surface area contributed by atoms with Crippen LogP contribution in [0.25, 0.3) is 0 Å². The number of rotatable bonds is 11. The summed E-state index contributed by atoms with van der Waals surface area (Å²) >= 11 is 0. The molecule has 1 aromatic heterocycles. The molecule has 1 fully saturated rings. The number of hydrogen-bond acceptors (Lipinski definition) is 8. The summed E-state index contributed by atoms with van der Waals surface area (Å²) in [6.45, 7) is 8.02. The fraction of sp³-hybridized carbons (Fsp3) is 0.429. The number of benzene rings is 2. The molecule has 0 saturated carbocycles. The van der Waals surface area contributed by atoms with Crippen LogP contribution in [0, 0.1) is 13.8 Å². The molecule has 4 rings (SSSR count). The Balaban J connectivity index is 1.27. The number of aromatic nitrogens is 1. The normalized spacial score (nSPS) is 14.7. The van der Waals surface area contributed by atoms with Crippen LogP contribution in [0.3, 0.4) is 0 Å². The number of sulfonamides is 1. The minimum absolute atomic E-state index is 0.00289. The molecule has 1 aliphatic heterocycles. The quantitative estimate of drug-likeness (QED) is 0.365. The van der Waals surface area contributed by atoms with Gasteiger partial charge < -0.3 is 14.1 Å². The lowest BCUT2D eigenvalue weighted by atomic mass is 10.1. The summed E-state index contributed by atoms with van der Waals surface area (Å²) in [6, 6.07) is 11.5. The van der Waals surface area contributed by atoms with Crippen molar-refractivity contribution in [1.29, 1.82) is 0 Å². The second-order valence-corrected chi connectivity index (χ2v) is 11.7. The van der Waals surface area contributed by atoms with Gasteiger partial charge in [-0.25, -0.2) is 17.7 Å². The van der Waals surface area contributed by atoms with Crippen molar-refractivity contribution >= 4 is 21.5 Å². The Hall–Kier alpha value is -3.21. The standard InChI is InChI=1S/C28H36N4O5S/c1-21-17-26(36-4)18-22(2)28(21)38(34,35)30(3)11-9-25(33)19-23-5-7-24(8-6-23)32-14-12-31(13-15-32)20-27-29-10-16-37-27/h5-8,10,16-18H,9,11-15,19-20H2,1-4H3. The molecular weight excluding hydrogens is 504 g/mol. The number of piperazine rings is 1. The summed E-state index contributed by atoms with van der Waals surface area (Å²) < 4.78 is 38.2. The van der Waals surface area contributed by atoms with Crippen LogP contribution in [0.1, 0.15) is 29.0 Å². The minimum Gasteiger partial charge on any atom is -0.497 e. The van der Waals surface area contributed by atoms with Crippen molar-refractivity contribution in [1.82, 2.24) is 14.2 Å². The van der Waals surface area contributed by atoms with E-state index in [4.69, 9.17) is 9.15 Å². The van der Waals surface area contributed by atoms with Crippen molar-refractivity contribution < 1.29 is 22.4 Å². The maximum Gasteiger partial charge on any atom is 0.243 e. The zero-order valence-corrected chi connectivity index (χ0v) is 23.3. The largest absolute Gasteiger partial charge is 0.497 e. The fourth-order valence-corrected chi connectivity index (χ4v) is 6.40. The van der Waals surface area contributed by atoms with E-state index in [2.05, 4.69) is 26.9 Å². The van der Waals surface area contributed by atoms with Crippen molar-refractivity contribution in [2.45, 2.75) is 38.1 Å². The molecule has 2 heterocycles. The molecule has 0 radical (unpaired) electrons. The van der Waals surface area contributed by atoms with Crippen molar-refractivity contribution in [2.75, 3.05) is 51.8 Å². The van der Waals surface area contributed by atoms with Gasteiger partial charge in [-0.15, -0.1) is 0 Å². The van der Waals surface area contributed by atoms with Crippen LogP contribution in [0.4, 0.5) is 5.69 Å². The summed E-state index contributed by atoms with van der Waals surface area (Å²) in [4.78, 5) is 21.8. The lowest BCUT2D eigenvalue weighted by Crippen LogP contribution is -2.46. The van der Waals surface area contributed by atoms with Crippen LogP contribution in [-0.4, -0.2) is 75.3 Å². The summed E-state index contributed by atoms with van der Waals surface area (Å²) in [5.41, 5.74) is 3.30. The molecule has 1 saturated heterocycles. The van der Waals surface area contributed by atoms with Gasteiger partial charge in [0.05, 0.1) is 24.7 Å². The van der Waals surface area contributed by atoms with Gasteiger partial charge in [-0.2, -0.15) is 0 Å². The lowest BCUT2D eigenvalue weighted by molar-refractivity contribution is -0.118. The van der Waals surface area contributed by atoms with Crippen LogP contribution in [0.15, 0.2) is 58.2 Å². The second kappa shape index (κ2) is 12.1. The molecule has 3 aromatic rings. The van der Waals surface area contributed by atoms with Gasteiger partial charge in [-0.3, -0.25) is 9.69 Å². The second-order valence-electron chi connectivity index (χ2n) is 9.74. The van der Waals surface area contributed by atoms with Crippen LogP contribution >= 0.6 is 0 Å². The Kier molecular flexibility index (Phi) is 8.86. The molecule has 0 unspecified atom stereocenters. The van der Waals surface area contributed by atoms with Crippen LogP contribution < -0.4 is 9.64 Å². The van der Waals surface area contributed by atoms with Crippen LogP contribution in [-0.2, 0) is 27.8 Å². The van der Waals surface area contributed by atoms with Gasteiger partial charge >= 0.3 is 0 Å². The topological polar surface area (TPSA) is 96.2 Å². The summed E-state index contributed by atoms with van der Waals surface area (Å²) in [7, 11) is -0.651. The van der Waals surface area contributed by atoms with E-state index in [0.29, 0.717) is 16.9 Å². The highest BCUT2D eigenvalue weighted by molar-refractivity contribution is 7.89. The maximum atomic E-state index is 13.2. The van der Waals surface area contributed by atoms with Gasteiger partial charge in [-0.05, 0) is 54.8 Å². The lowest BCUT2D eigenvalue weighted by Gasteiger charge is -2.35. The zero-order valence-electron chi connectivity index (χ0n) is 22.5. The zero-order chi connectivity index (χ0) is 27.3. The van der Waals surface area contributed by atoms with Crippen LogP contribution in [0.5, 0.6) is 5.75 Å². The number of anilines is 1. The molecule has 2 aromatic carbocycles. The third kappa shape index (κ3) is 6.61. The van der Waals surface area contributed by atoms with Crippen molar-refractivity contribution in [3.05, 3.63) is 71.4 Å². The molecule has 10 heteroatoms. The number of oxazole rings is 1. The van der Waals surface area contributed by atoms with E-state index < -0.39 is 10.0 Å². The third-order valence-electron chi connectivity index (χ3n) is 6.96. The Morgan fingerprint density at radius 3 is 2.32 bits per heavy atom. The first-order valence-electron chi connectivity index (χ1n) is 12.7. The van der Waals surface area contributed by atoms with E-state index in [9.17, 15) is 13.2 Å². The van der Waals surface area contributed by atoms with E-state index in [1.165, 1.54) is 11.4 Å². The predicted octanol–water partition coefficient (Wildman–Crippen LogP) is 3.44. The monoisotopic (exact) mass is 540 g/mol. The molecule has 0 atom stereocenters. The van der Waals surface area contributed by atoms with Gasteiger partial charge in [-0.1, -0.05) is 12.1 Å². The minimum atomic E-state index is -3.72. The van der Waals surface area contributed by atoms with Gasteiger partial charge in [0, 0.05) is 58.3 Å². The van der Waals surface area contributed by atoms with Gasteiger partial charge in [0.2, 0.25) is 15.9 Å². The Morgan fingerprint density at radius 2 is 1.74 bits per heavy atom. The average Bonchev–Trinajstić information content (AvgIpc) is 3.40. The summed E-state index contributed by atoms with van der Waals surface area (Å²) in [5, 5.41) is 0. The van der Waals surface area contributed by atoms with E-state index in [-0.39, 0.29) is 30.1 Å². The molecule has 38 heavy (non-hydrogen) atoms. The van der Waals surface area contributed by atoms with Crippen LogP contribution in [0.2, 0.25) is 0 Å². The van der Waals surface area contributed by atoms with Gasteiger partial charge in [0.25, 0.3) is 0 Å². The Labute approximate surface area is 225 Å². The molecule has 0 amide bonds. The number of nitrogens with zero attached hydrogens (tertiary/aromatic N) is 4. The molecule has 0 N–H and O–H groups in total. The number of hydrogen-bond donors (Lipinski definition) is 0. The van der Waals surface area contributed by atoms with Gasteiger partial charge in [0.1, 0.15) is 17.8 Å². The number of carbonyl (C=O) groups excluding carboxylic acids is 1. The number of Topliss-reactive ketones (excluding diaryl/α,β-unsaturated/α-hetero) is 1. The molecule has 0 aliphatic carbocycles. The van der Waals surface area contributed by atoms with Crippen molar-refractivity contribution in [3.8, 4) is 5.75 Å². The number of carbonyl (C=O) groups is 1. The number of ketones is 1. The Bertz CT molecular complexity index is 1310. The molecule has 1 aliphatic rings. The highest BCUT2D eigenvalue weighted by Crippen LogP contribution is 2.28. The number of ether oxygens (including phenoxy) is 1.